The summed E-state index contributed by atoms with van der Waals surface area (Å²) in [6.45, 7) is 1.82. The molecule has 2 rings (SSSR count). The molecule has 0 saturated carbocycles. The second kappa shape index (κ2) is 6.81. The Hall–Kier alpha value is -2.74. The Labute approximate surface area is 127 Å². The molecule has 0 atom stereocenters. The van der Waals surface area contributed by atoms with Gasteiger partial charge in [0.15, 0.2) is 5.78 Å². The van der Waals surface area contributed by atoms with Gasteiger partial charge >= 0.3 is 0 Å². The molecule has 0 aromatic heterocycles. The number of alkyl halides is 2. The summed E-state index contributed by atoms with van der Waals surface area (Å²) < 4.78 is 25.0. The summed E-state index contributed by atoms with van der Waals surface area (Å²) in [5.74, 6) is -0.111. The summed E-state index contributed by atoms with van der Waals surface area (Å²) >= 11 is 0. The van der Waals surface area contributed by atoms with Crippen LogP contribution in [0.25, 0.3) is 0 Å². The van der Waals surface area contributed by atoms with Gasteiger partial charge in [0.05, 0.1) is 11.6 Å². The van der Waals surface area contributed by atoms with E-state index in [1.54, 1.807) is 30.3 Å². The number of Topliss-reactive ketones (excluding diaryl/α,β-unsaturated/α-hetero) is 1. The summed E-state index contributed by atoms with van der Waals surface area (Å²) in [6, 6.07) is 12.8. The molecule has 5 heteroatoms. The third-order valence-electron chi connectivity index (χ3n) is 3.24. The topological polar surface area (TPSA) is 52.9 Å². The molecule has 2 aromatic rings. The van der Waals surface area contributed by atoms with Gasteiger partial charge in [-0.15, -0.1) is 0 Å². The summed E-state index contributed by atoms with van der Waals surface area (Å²) in [6.07, 6.45) is -2.49. The number of rotatable bonds is 5. The van der Waals surface area contributed by atoms with Gasteiger partial charge in [-0.2, -0.15) is 5.26 Å². The number of halogens is 2. The highest BCUT2D eigenvalue weighted by atomic mass is 19.3. The number of carbonyl (C=O) groups excluding carboxylic acids is 1. The smallest absolute Gasteiger partial charge is 0.263 e. The van der Waals surface area contributed by atoms with Crippen molar-refractivity contribution in [1.29, 1.82) is 5.26 Å². The maximum absolute atomic E-state index is 12.5. The van der Waals surface area contributed by atoms with Gasteiger partial charge in [0.1, 0.15) is 0 Å². The molecular formula is C17H14F2N2O. The van der Waals surface area contributed by atoms with E-state index in [4.69, 9.17) is 5.26 Å². The number of nitriles is 1. The Morgan fingerprint density at radius 1 is 1.23 bits per heavy atom. The first-order chi connectivity index (χ1) is 10.5. The van der Waals surface area contributed by atoms with E-state index >= 15 is 0 Å². The molecular weight excluding hydrogens is 286 g/mol. The highest BCUT2D eigenvalue weighted by molar-refractivity contribution is 5.99. The van der Waals surface area contributed by atoms with Crippen LogP contribution in [0.3, 0.4) is 0 Å². The fourth-order valence-electron chi connectivity index (χ4n) is 2.05. The number of nitrogens with one attached hydrogen (secondary N) is 1. The summed E-state index contributed by atoms with van der Waals surface area (Å²) in [5.41, 5.74) is 2.27. The van der Waals surface area contributed by atoms with Crippen molar-refractivity contribution >= 4 is 11.5 Å². The number of ketones is 1. The first kappa shape index (κ1) is 15.6. The monoisotopic (exact) mass is 300 g/mol. The average Bonchev–Trinajstić information content (AvgIpc) is 2.52. The van der Waals surface area contributed by atoms with E-state index in [0.717, 1.165) is 5.56 Å². The van der Waals surface area contributed by atoms with E-state index in [1.807, 2.05) is 6.07 Å². The number of nitrogens with zero attached hydrogens (tertiary/aromatic N) is 1. The standard InChI is InChI=1S/C17H14F2N2O/c1-11(22)15-7-4-13(9-20)8-16(15)21-10-12-2-5-14(6-3-12)17(18)19/h2-8,17,21H,10H2,1H3. The molecule has 0 aliphatic heterocycles. The normalized spacial score (nSPS) is 10.3. The van der Waals surface area contributed by atoms with Crippen molar-refractivity contribution in [3.05, 3.63) is 64.7 Å². The molecule has 0 radical (unpaired) electrons. The molecule has 0 saturated heterocycles. The van der Waals surface area contributed by atoms with Crippen LogP contribution >= 0.6 is 0 Å². The van der Waals surface area contributed by atoms with Crippen LogP contribution in [0.1, 0.15) is 40.4 Å². The molecule has 0 aliphatic rings. The fourth-order valence-corrected chi connectivity index (χ4v) is 2.05. The van der Waals surface area contributed by atoms with Gasteiger partial charge in [-0.05, 0) is 30.7 Å². The van der Waals surface area contributed by atoms with Gasteiger partial charge in [0.2, 0.25) is 0 Å². The lowest BCUT2D eigenvalue weighted by Gasteiger charge is -2.11. The molecule has 0 aliphatic carbocycles. The number of hydrogen-bond acceptors (Lipinski definition) is 3. The van der Waals surface area contributed by atoms with Gasteiger partial charge in [-0.25, -0.2) is 8.78 Å². The number of hydrogen-bond donors (Lipinski definition) is 1. The minimum absolute atomic E-state index is 0.0281. The second-order valence-electron chi connectivity index (χ2n) is 4.82. The van der Waals surface area contributed by atoms with E-state index in [1.165, 1.54) is 19.1 Å². The van der Waals surface area contributed by atoms with Crippen molar-refractivity contribution in [2.45, 2.75) is 19.9 Å². The summed E-state index contributed by atoms with van der Waals surface area (Å²) in [5, 5.41) is 12.0. The zero-order valence-electron chi connectivity index (χ0n) is 11.9. The Bertz CT molecular complexity index is 718. The molecule has 22 heavy (non-hydrogen) atoms. The van der Waals surface area contributed by atoms with Crippen molar-refractivity contribution in [3.8, 4) is 6.07 Å². The van der Waals surface area contributed by atoms with Crippen molar-refractivity contribution in [1.82, 2.24) is 0 Å². The molecule has 0 amide bonds. The van der Waals surface area contributed by atoms with Crippen LogP contribution < -0.4 is 5.32 Å². The minimum Gasteiger partial charge on any atom is -0.380 e. The van der Waals surface area contributed by atoms with Gasteiger partial charge < -0.3 is 5.32 Å². The SMILES string of the molecule is CC(=O)c1ccc(C#N)cc1NCc1ccc(C(F)F)cc1. The predicted octanol–water partition coefficient (Wildman–Crippen LogP) is 4.31. The largest absolute Gasteiger partial charge is 0.380 e. The Balaban J connectivity index is 2.17. The number of benzene rings is 2. The molecule has 0 unspecified atom stereocenters. The lowest BCUT2D eigenvalue weighted by molar-refractivity contribution is 0.101. The van der Waals surface area contributed by atoms with Crippen molar-refractivity contribution in [2.75, 3.05) is 5.32 Å². The molecule has 3 nitrogen and oxygen atoms in total. The van der Waals surface area contributed by atoms with Crippen LogP contribution in [-0.4, -0.2) is 5.78 Å². The maximum Gasteiger partial charge on any atom is 0.263 e. The van der Waals surface area contributed by atoms with Crippen LogP contribution in [0.4, 0.5) is 14.5 Å². The Morgan fingerprint density at radius 2 is 1.91 bits per heavy atom. The molecule has 0 heterocycles. The zero-order valence-corrected chi connectivity index (χ0v) is 11.9. The second-order valence-corrected chi connectivity index (χ2v) is 4.82. The van der Waals surface area contributed by atoms with E-state index in [9.17, 15) is 13.6 Å². The molecule has 0 spiro atoms. The van der Waals surface area contributed by atoms with Gasteiger partial charge in [-0.3, -0.25) is 4.79 Å². The Kier molecular flexibility index (Phi) is 4.84. The van der Waals surface area contributed by atoms with E-state index in [2.05, 4.69) is 5.32 Å². The van der Waals surface area contributed by atoms with Crippen LogP contribution in [0.15, 0.2) is 42.5 Å². The van der Waals surface area contributed by atoms with Gasteiger partial charge in [-0.1, -0.05) is 24.3 Å². The predicted molar refractivity (Wildman–Crippen MR) is 79.9 cm³/mol. The zero-order chi connectivity index (χ0) is 16.1. The van der Waals surface area contributed by atoms with Gasteiger partial charge in [0, 0.05) is 23.4 Å². The van der Waals surface area contributed by atoms with Crippen LogP contribution in [0.5, 0.6) is 0 Å². The molecule has 0 fully saturated rings. The van der Waals surface area contributed by atoms with Crippen molar-refractivity contribution < 1.29 is 13.6 Å². The highest BCUT2D eigenvalue weighted by Crippen LogP contribution is 2.21. The van der Waals surface area contributed by atoms with Crippen LogP contribution in [0.2, 0.25) is 0 Å². The van der Waals surface area contributed by atoms with Crippen LogP contribution in [-0.2, 0) is 6.54 Å². The average molecular weight is 300 g/mol. The molecule has 1 N–H and O–H groups in total. The van der Waals surface area contributed by atoms with Crippen molar-refractivity contribution in [3.63, 3.8) is 0 Å². The first-order valence-corrected chi connectivity index (χ1v) is 6.67. The van der Waals surface area contributed by atoms with Crippen molar-refractivity contribution in [2.24, 2.45) is 0 Å². The highest BCUT2D eigenvalue weighted by Gasteiger charge is 2.09. The third-order valence-corrected chi connectivity index (χ3v) is 3.24. The lowest BCUT2D eigenvalue weighted by Crippen LogP contribution is -2.05. The van der Waals surface area contributed by atoms with Crippen LogP contribution in [0, 0.1) is 11.3 Å². The lowest BCUT2D eigenvalue weighted by atomic mass is 10.1. The minimum atomic E-state index is -2.49. The maximum atomic E-state index is 12.5. The first-order valence-electron chi connectivity index (χ1n) is 6.67. The quantitative estimate of drug-likeness (QED) is 0.837. The van der Waals surface area contributed by atoms with E-state index < -0.39 is 6.43 Å². The summed E-state index contributed by atoms with van der Waals surface area (Å²) in [4.78, 5) is 11.6. The molecule has 112 valence electrons. The number of anilines is 1. The molecule has 0 bridgehead atoms. The third kappa shape index (κ3) is 3.67. The molecule has 2 aromatic carbocycles. The number of carbonyl (C=O) groups is 1. The fraction of sp³-hybridized carbons (Fsp3) is 0.176. The van der Waals surface area contributed by atoms with E-state index in [-0.39, 0.29) is 11.3 Å². The summed E-state index contributed by atoms with van der Waals surface area (Å²) in [7, 11) is 0. The van der Waals surface area contributed by atoms with Gasteiger partial charge in [0.25, 0.3) is 6.43 Å². The van der Waals surface area contributed by atoms with E-state index in [0.29, 0.717) is 23.4 Å². The Morgan fingerprint density at radius 3 is 2.45 bits per heavy atom.